The lowest BCUT2D eigenvalue weighted by atomic mass is 10.0. The van der Waals surface area contributed by atoms with E-state index in [9.17, 15) is 14.3 Å². The number of fused-ring (bicyclic) bond motifs is 1. The Morgan fingerprint density at radius 2 is 2.02 bits per heavy atom. The molecule has 1 atom stereocenters. The number of carbonyl (C=O) groups is 1. The summed E-state index contributed by atoms with van der Waals surface area (Å²) in [5.41, 5.74) is 3.92. The molecule has 1 fully saturated rings. The van der Waals surface area contributed by atoms with Crippen molar-refractivity contribution in [3.8, 4) is 17.0 Å². The van der Waals surface area contributed by atoms with Gasteiger partial charge in [0.1, 0.15) is 23.9 Å². The van der Waals surface area contributed by atoms with Crippen molar-refractivity contribution >= 4 is 17.0 Å². The van der Waals surface area contributed by atoms with Gasteiger partial charge in [-0.05, 0) is 79.6 Å². The van der Waals surface area contributed by atoms with Gasteiger partial charge in [-0.2, -0.15) is 5.10 Å². The molecule has 1 saturated heterocycles. The smallest absolute Gasteiger partial charge is 0.407 e. The van der Waals surface area contributed by atoms with Gasteiger partial charge in [0.05, 0.1) is 18.7 Å². The number of rotatable bonds is 10. The summed E-state index contributed by atoms with van der Waals surface area (Å²) in [5.74, 6) is 0.250. The summed E-state index contributed by atoms with van der Waals surface area (Å²) in [5, 5.41) is 18.2. The first-order valence-corrected chi connectivity index (χ1v) is 13.6. The van der Waals surface area contributed by atoms with E-state index in [1.807, 2.05) is 53.2 Å². The van der Waals surface area contributed by atoms with Crippen LogP contribution in [-0.4, -0.2) is 40.7 Å². The lowest BCUT2D eigenvalue weighted by Gasteiger charge is -2.23. The molecule has 3 aromatic carbocycles. The highest BCUT2D eigenvalue weighted by atomic mass is 19.1. The zero-order valence-electron chi connectivity index (χ0n) is 22.6. The van der Waals surface area contributed by atoms with Crippen LogP contribution >= 0.6 is 0 Å². The summed E-state index contributed by atoms with van der Waals surface area (Å²) < 4.78 is 33.8. The van der Waals surface area contributed by atoms with Gasteiger partial charge in [-0.3, -0.25) is 0 Å². The van der Waals surface area contributed by atoms with Crippen LogP contribution in [0.15, 0.2) is 60.7 Å². The summed E-state index contributed by atoms with van der Waals surface area (Å²) >= 11 is 0. The fraction of sp³-hybridized carbons (Fsp3) is 0.355. The second-order valence-electron chi connectivity index (χ2n) is 9.88. The molecule has 2 heterocycles. The van der Waals surface area contributed by atoms with Crippen LogP contribution < -0.4 is 10.1 Å². The van der Waals surface area contributed by atoms with E-state index in [-0.39, 0.29) is 25.3 Å². The van der Waals surface area contributed by atoms with Gasteiger partial charge in [0, 0.05) is 24.1 Å². The Balaban J connectivity index is 1.27. The van der Waals surface area contributed by atoms with Crippen LogP contribution in [0.1, 0.15) is 48.6 Å². The van der Waals surface area contributed by atoms with Crippen LogP contribution in [0.4, 0.5) is 9.18 Å². The number of halogens is 1. The van der Waals surface area contributed by atoms with Gasteiger partial charge in [0.2, 0.25) is 0 Å². The maximum Gasteiger partial charge on any atom is 0.407 e. The third-order valence-corrected chi connectivity index (χ3v) is 7.07. The van der Waals surface area contributed by atoms with Crippen LogP contribution in [0.2, 0.25) is 0 Å². The maximum absolute atomic E-state index is 14.7. The zero-order valence-corrected chi connectivity index (χ0v) is 22.6. The van der Waals surface area contributed by atoms with Crippen LogP contribution in [0.25, 0.3) is 22.2 Å². The van der Waals surface area contributed by atoms with E-state index in [1.165, 1.54) is 6.07 Å². The molecule has 2 N–H and O–H groups in total. The predicted octanol–water partition coefficient (Wildman–Crippen LogP) is 6.04. The second kappa shape index (κ2) is 12.9. The number of aliphatic hydroxyl groups is 1. The van der Waals surface area contributed by atoms with E-state index in [0.29, 0.717) is 54.3 Å². The third kappa shape index (κ3) is 6.43. The van der Waals surface area contributed by atoms with Gasteiger partial charge >= 0.3 is 6.09 Å². The SMILES string of the molecule is Cc1c(F)cc(-c2nn(C3CCCCO3)c3ccc(OCCCNC(=O)OCc4ccccc4)cc23)cc1CO. The lowest BCUT2D eigenvalue weighted by molar-refractivity contribution is -0.0365. The van der Waals surface area contributed by atoms with Gasteiger partial charge in [-0.1, -0.05) is 30.3 Å². The number of carbonyl (C=O) groups excluding carboxylic acids is 1. The number of amides is 1. The average molecular weight is 548 g/mol. The summed E-state index contributed by atoms with van der Waals surface area (Å²) in [6.07, 6.45) is 2.83. The number of aliphatic hydroxyl groups excluding tert-OH is 1. The summed E-state index contributed by atoms with van der Waals surface area (Å²) in [6, 6.07) is 18.5. The van der Waals surface area contributed by atoms with E-state index >= 15 is 0 Å². The molecule has 1 unspecified atom stereocenters. The van der Waals surface area contributed by atoms with Crippen molar-refractivity contribution in [3.63, 3.8) is 0 Å². The monoisotopic (exact) mass is 547 g/mol. The van der Waals surface area contributed by atoms with E-state index in [1.54, 1.807) is 13.0 Å². The lowest BCUT2D eigenvalue weighted by Crippen LogP contribution is -2.26. The van der Waals surface area contributed by atoms with Crippen molar-refractivity contribution in [2.75, 3.05) is 19.8 Å². The highest BCUT2D eigenvalue weighted by Gasteiger charge is 2.23. The van der Waals surface area contributed by atoms with Crippen LogP contribution in [0.5, 0.6) is 5.75 Å². The predicted molar refractivity (Wildman–Crippen MR) is 149 cm³/mol. The van der Waals surface area contributed by atoms with Crippen molar-refractivity contribution in [2.45, 2.75) is 52.0 Å². The van der Waals surface area contributed by atoms with Crippen LogP contribution in [0.3, 0.4) is 0 Å². The second-order valence-corrected chi connectivity index (χ2v) is 9.88. The van der Waals surface area contributed by atoms with Crippen molar-refractivity contribution in [1.82, 2.24) is 15.1 Å². The minimum Gasteiger partial charge on any atom is -0.494 e. The number of hydrogen-bond acceptors (Lipinski definition) is 6. The molecule has 8 nitrogen and oxygen atoms in total. The molecular formula is C31H34FN3O5. The Morgan fingerprint density at radius 3 is 2.80 bits per heavy atom. The Kier molecular flexibility index (Phi) is 8.93. The summed E-state index contributed by atoms with van der Waals surface area (Å²) in [7, 11) is 0. The number of benzene rings is 3. The fourth-order valence-corrected chi connectivity index (χ4v) is 4.82. The molecule has 40 heavy (non-hydrogen) atoms. The average Bonchev–Trinajstić information content (AvgIpc) is 3.37. The summed E-state index contributed by atoms with van der Waals surface area (Å²) in [4.78, 5) is 12.0. The number of alkyl carbamates (subject to hydrolysis) is 1. The minimum absolute atomic E-state index is 0.197. The van der Waals surface area contributed by atoms with Crippen LogP contribution in [0, 0.1) is 12.7 Å². The third-order valence-electron chi connectivity index (χ3n) is 7.07. The van der Waals surface area contributed by atoms with Gasteiger partial charge in [-0.15, -0.1) is 0 Å². The number of aromatic nitrogens is 2. The van der Waals surface area contributed by atoms with E-state index in [2.05, 4.69) is 5.32 Å². The Bertz CT molecular complexity index is 1450. The highest BCUT2D eigenvalue weighted by molar-refractivity contribution is 5.94. The van der Waals surface area contributed by atoms with Crippen molar-refractivity contribution in [2.24, 2.45) is 0 Å². The first-order chi connectivity index (χ1) is 19.5. The molecule has 0 saturated carbocycles. The molecule has 210 valence electrons. The normalized spacial score (nSPS) is 15.2. The number of hydrogen-bond donors (Lipinski definition) is 2. The van der Waals surface area contributed by atoms with Crippen molar-refractivity contribution < 1.29 is 28.5 Å². The molecular weight excluding hydrogens is 513 g/mol. The van der Waals surface area contributed by atoms with E-state index < -0.39 is 6.09 Å². The van der Waals surface area contributed by atoms with Crippen LogP contribution in [-0.2, 0) is 22.7 Å². The first kappa shape index (κ1) is 27.6. The molecule has 1 amide bonds. The van der Waals surface area contributed by atoms with Crippen molar-refractivity contribution in [3.05, 3.63) is 83.2 Å². The number of nitrogens with one attached hydrogen (secondary N) is 1. The van der Waals surface area contributed by atoms with E-state index in [0.717, 1.165) is 35.7 Å². The van der Waals surface area contributed by atoms with Gasteiger partial charge in [0.25, 0.3) is 0 Å². The molecule has 1 aliphatic heterocycles. The Labute approximate surface area is 232 Å². The molecule has 9 heteroatoms. The first-order valence-electron chi connectivity index (χ1n) is 13.6. The Morgan fingerprint density at radius 1 is 1.18 bits per heavy atom. The van der Waals surface area contributed by atoms with Gasteiger partial charge in [0.15, 0.2) is 6.23 Å². The standard InChI is InChI=1S/C31H34FN3O5/c1-21-24(19-36)16-23(17-27(21)32)30-26-18-25(11-12-28(26)35(34-30)29-10-5-6-14-39-29)38-15-7-13-33-31(37)40-20-22-8-3-2-4-9-22/h2-4,8-9,11-12,16-18,29,36H,5-7,10,13-15,19-20H2,1H3,(H,33,37). The topological polar surface area (TPSA) is 94.8 Å². The highest BCUT2D eigenvalue weighted by Crippen LogP contribution is 2.36. The zero-order chi connectivity index (χ0) is 27.9. The van der Waals surface area contributed by atoms with Gasteiger partial charge < -0.3 is 24.6 Å². The molecule has 5 rings (SSSR count). The Hall–Kier alpha value is -3.95. The molecule has 0 spiro atoms. The largest absolute Gasteiger partial charge is 0.494 e. The molecule has 0 aliphatic carbocycles. The molecule has 1 aliphatic rings. The quantitative estimate of drug-likeness (QED) is 0.235. The summed E-state index contributed by atoms with van der Waals surface area (Å²) in [6.45, 7) is 3.07. The minimum atomic E-state index is -0.472. The maximum atomic E-state index is 14.7. The molecule has 1 aromatic heterocycles. The van der Waals surface area contributed by atoms with E-state index in [4.69, 9.17) is 19.3 Å². The molecule has 0 bridgehead atoms. The molecule has 4 aromatic rings. The number of ether oxygens (including phenoxy) is 3. The van der Waals surface area contributed by atoms with Crippen molar-refractivity contribution in [1.29, 1.82) is 0 Å². The van der Waals surface area contributed by atoms with Gasteiger partial charge in [-0.25, -0.2) is 13.9 Å². The fourth-order valence-electron chi connectivity index (χ4n) is 4.82. The molecule has 0 radical (unpaired) electrons. The number of nitrogens with zero attached hydrogens (tertiary/aromatic N) is 2.